The van der Waals surface area contributed by atoms with E-state index in [0.717, 1.165) is 23.8 Å². The molecule has 0 aliphatic rings. The molecule has 0 amide bonds. The van der Waals surface area contributed by atoms with Crippen LogP contribution in [0.2, 0.25) is 5.02 Å². The Labute approximate surface area is 100 Å². The maximum atomic E-state index is 6.21. The number of hydrogen-bond donors (Lipinski definition) is 1. The Morgan fingerprint density at radius 2 is 2.31 bits per heavy atom. The third kappa shape index (κ3) is 2.43. The van der Waals surface area contributed by atoms with E-state index in [9.17, 15) is 0 Å². The molecule has 84 valence electrons. The van der Waals surface area contributed by atoms with Crippen molar-refractivity contribution in [3.05, 3.63) is 47.2 Å². The lowest BCUT2D eigenvalue weighted by atomic mass is 10.2. The van der Waals surface area contributed by atoms with Crippen LogP contribution in [0.4, 0.5) is 0 Å². The Hall–Kier alpha value is -1.32. The molecule has 16 heavy (non-hydrogen) atoms. The number of aromatic nitrogens is 2. The first-order valence-corrected chi connectivity index (χ1v) is 5.68. The number of halogens is 1. The van der Waals surface area contributed by atoms with Gasteiger partial charge in [0.15, 0.2) is 0 Å². The monoisotopic (exact) mass is 235 g/mol. The van der Waals surface area contributed by atoms with E-state index in [1.807, 2.05) is 24.4 Å². The fraction of sp³-hybridized carbons (Fsp3) is 0.250. The van der Waals surface area contributed by atoms with Crippen LogP contribution in [0.1, 0.15) is 12.5 Å². The van der Waals surface area contributed by atoms with Crippen molar-refractivity contribution in [1.82, 2.24) is 15.1 Å². The summed E-state index contributed by atoms with van der Waals surface area (Å²) in [5.74, 6) is 0. The maximum Gasteiger partial charge on any atom is 0.0831 e. The van der Waals surface area contributed by atoms with Gasteiger partial charge in [-0.15, -0.1) is 0 Å². The van der Waals surface area contributed by atoms with Crippen LogP contribution in [0, 0.1) is 0 Å². The lowest BCUT2D eigenvalue weighted by molar-refractivity contribution is 0.726. The second-order valence-electron chi connectivity index (χ2n) is 3.52. The molecule has 0 radical (unpaired) electrons. The van der Waals surface area contributed by atoms with E-state index >= 15 is 0 Å². The van der Waals surface area contributed by atoms with Gasteiger partial charge in [0.1, 0.15) is 0 Å². The Kier molecular flexibility index (Phi) is 3.59. The van der Waals surface area contributed by atoms with E-state index in [4.69, 9.17) is 11.6 Å². The van der Waals surface area contributed by atoms with Gasteiger partial charge in [-0.05, 0) is 30.3 Å². The Morgan fingerprint density at radius 3 is 2.94 bits per heavy atom. The summed E-state index contributed by atoms with van der Waals surface area (Å²) in [6.45, 7) is 3.88. The molecule has 0 saturated carbocycles. The van der Waals surface area contributed by atoms with E-state index in [0.29, 0.717) is 0 Å². The lowest BCUT2D eigenvalue weighted by Crippen LogP contribution is -2.11. The molecule has 4 heteroatoms. The second kappa shape index (κ2) is 5.14. The van der Waals surface area contributed by atoms with Gasteiger partial charge in [0, 0.05) is 18.9 Å². The van der Waals surface area contributed by atoms with Crippen LogP contribution in [-0.4, -0.2) is 16.3 Å². The molecule has 0 unspecified atom stereocenters. The highest BCUT2D eigenvalue weighted by atomic mass is 35.5. The first kappa shape index (κ1) is 11.2. The highest BCUT2D eigenvalue weighted by Crippen LogP contribution is 2.21. The molecule has 0 spiro atoms. The first-order valence-electron chi connectivity index (χ1n) is 5.30. The molecule has 0 bridgehead atoms. The fourth-order valence-electron chi connectivity index (χ4n) is 1.53. The highest BCUT2D eigenvalue weighted by molar-refractivity contribution is 6.32. The van der Waals surface area contributed by atoms with Crippen LogP contribution in [0.5, 0.6) is 0 Å². The maximum absolute atomic E-state index is 6.21. The number of nitrogens with one attached hydrogen (secondary N) is 1. The average Bonchev–Trinajstić information content (AvgIpc) is 2.80. The van der Waals surface area contributed by atoms with Crippen molar-refractivity contribution in [2.75, 3.05) is 6.54 Å². The third-order valence-electron chi connectivity index (χ3n) is 2.34. The van der Waals surface area contributed by atoms with Gasteiger partial charge < -0.3 is 5.32 Å². The summed E-state index contributed by atoms with van der Waals surface area (Å²) in [6, 6.07) is 7.90. The Morgan fingerprint density at radius 1 is 1.44 bits per heavy atom. The Balaban J connectivity index is 2.23. The topological polar surface area (TPSA) is 29.9 Å². The largest absolute Gasteiger partial charge is 0.313 e. The summed E-state index contributed by atoms with van der Waals surface area (Å²) in [5, 5.41) is 8.14. The SMILES string of the molecule is CCNCc1ccc(-n2cccn2)c(Cl)c1. The van der Waals surface area contributed by atoms with Crippen molar-refractivity contribution in [2.45, 2.75) is 13.5 Å². The summed E-state index contributed by atoms with van der Waals surface area (Å²) in [5.41, 5.74) is 2.09. The molecule has 0 aliphatic carbocycles. The van der Waals surface area contributed by atoms with Gasteiger partial charge in [-0.1, -0.05) is 24.6 Å². The van der Waals surface area contributed by atoms with Gasteiger partial charge >= 0.3 is 0 Å². The molecule has 1 aromatic carbocycles. The molecular formula is C12H14ClN3. The van der Waals surface area contributed by atoms with E-state index in [-0.39, 0.29) is 0 Å². The fourth-order valence-corrected chi connectivity index (χ4v) is 1.82. The van der Waals surface area contributed by atoms with E-state index < -0.39 is 0 Å². The minimum atomic E-state index is 0.721. The molecule has 3 nitrogen and oxygen atoms in total. The van der Waals surface area contributed by atoms with Gasteiger partial charge in [-0.3, -0.25) is 0 Å². The molecular weight excluding hydrogens is 222 g/mol. The zero-order chi connectivity index (χ0) is 11.4. The zero-order valence-corrected chi connectivity index (χ0v) is 9.91. The van der Waals surface area contributed by atoms with E-state index in [1.54, 1.807) is 10.9 Å². The quantitative estimate of drug-likeness (QED) is 0.883. The van der Waals surface area contributed by atoms with Gasteiger partial charge in [0.05, 0.1) is 10.7 Å². The molecule has 2 aromatic rings. The summed E-state index contributed by atoms with van der Waals surface area (Å²) < 4.78 is 1.76. The second-order valence-corrected chi connectivity index (χ2v) is 3.92. The predicted molar refractivity (Wildman–Crippen MR) is 66.0 cm³/mol. The summed E-state index contributed by atoms with van der Waals surface area (Å²) in [7, 11) is 0. The van der Waals surface area contributed by atoms with Gasteiger partial charge in [-0.2, -0.15) is 5.10 Å². The lowest BCUT2D eigenvalue weighted by Gasteiger charge is -2.07. The van der Waals surface area contributed by atoms with Crippen molar-refractivity contribution in [3.8, 4) is 5.69 Å². The van der Waals surface area contributed by atoms with E-state index in [1.165, 1.54) is 5.56 Å². The molecule has 0 fully saturated rings. The summed E-state index contributed by atoms with van der Waals surface area (Å²) >= 11 is 6.21. The van der Waals surface area contributed by atoms with Crippen LogP contribution in [0.25, 0.3) is 5.69 Å². The Bertz CT molecular complexity index is 451. The third-order valence-corrected chi connectivity index (χ3v) is 2.65. The number of rotatable bonds is 4. The predicted octanol–water partition coefficient (Wildman–Crippen LogP) is 2.64. The average molecular weight is 236 g/mol. The molecule has 0 atom stereocenters. The highest BCUT2D eigenvalue weighted by Gasteiger charge is 2.03. The van der Waals surface area contributed by atoms with E-state index in [2.05, 4.69) is 23.4 Å². The zero-order valence-electron chi connectivity index (χ0n) is 9.15. The minimum Gasteiger partial charge on any atom is -0.313 e. The van der Waals surface area contributed by atoms with Crippen LogP contribution in [0.3, 0.4) is 0 Å². The normalized spacial score (nSPS) is 10.6. The molecule has 1 heterocycles. The minimum absolute atomic E-state index is 0.721. The van der Waals surface area contributed by atoms with Crippen molar-refractivity contribution in [1.29, 1.82) is 0 Å². The van der Waals surface area contributed by atoms with Gasteiger partial charge in [-0.25, -0.2) is 4.68 Å². The van der Waals surface area contributed by atoms with Crippen molar-refractivity contribution in [3.63, 3.8) is 0 Å². The van der Waals surface area contributed by atoms with Crippen molar-refractivity contribution in [2.24, 2.45) is 0 Å². The van der Waals surface area contributed by atoms with Crippen LogP contribution < -0.4 is 5.32 Å². The standard InChI is InChI=1S/C12H14ClN3/c1-2-14-9-10-4-5-12(11(13)8-10)16-7-3-6-15-16/h3-8,14H,2,9H2,1H3. The number of nitrogens with zero attached hydrogens (tertiary/aromatic N) is 2. The molecule has 0 aliphatic heterocycles. The molecule has 1 N–H and O–H groups in total. The van der Waals surface area contributed by atoms with Crippen molar-refractivity contribution >= 4 is 11.6 Å². The number of benzene rings is 1. The summed E-state index contributed by atoms with van der Waals surface area (Å²) in [6.07, 6.45) is 3.62. The van der Waals surface area contributed by atoms with Crippen LogP contribution >= 0.6 is 11.6 Å². The smallest absolute Gasteiger partial charge is 0.0831 e. The molecule has 2 rings (SSSR count). The number of hydrogen-bond acceptors (Lipinski definition) is 2. The van der Waals surface area contributed by atoms with Gasteiger partial charge in [0.2, 0.25) is 0 Å². The van der Waals surface area contributed by atoms with Gasteiger partial charge in [0.25, 0.3) is 0 Å². The summed E-state index contributed by atoms with van der Waals surface area (Å²) in [4.78, 5) is 0. The van der Waals surface area contributed by atoms with Crippen LogP contribution in [0.15, 0.2) is 36.7 Å². The first-order chi connectivity index (χ1) is 7.81. The molecule has 0 saturated heterocycles. The van der Waals surface area contributed by atoms with Crippen molar-refractivity contribution < 1.29 is 0 Å². The molecule has 1 aromatic heterocycles. The van der Waals surface area contributed by atoms with Crippen LogP contribution in [-0.2, 0) is 6.54 Å².